The molecule has 70 valence electrons. The normalized spacial score (nSPS) is 14.9. The maximum Gasteiger partial charge on any atom is 0.531 e. The van der Waals surface area contributed by atoms with Gasteiger partial charge in [0.1, 0.15) is 0 Å². The third kappa shape index (κ3) is 4.25. The minimum atomic E-state index is -4.46. The highest BCUT2D eigenvalue weighted by Gasteiger charge is 2.25. The van der Waals surface area contributed by atoms with E-state index in [9.17, 15) is 9.36 Å². The Labute approximate surface area is 69.0 Å². The minimum absolute atomic E-state index is 0.0363. The van der Waals surface area contributed by atoms with Crippen molar-refractivity contribution in [2.75, 3.05) is 6.79 Å². The van der Waals surface area contributed by atoms with Crippen LogP contribution >= 0.6 is 7.82 Å². The molecule has 0 fully saturated rings. The van der Waals surface area contributed by atoms with Crippen LogP contribution in [0.25, 0.3) is 0 Å². The molecule has 0 spiro atoms. The van der Waals surface area contributed by atoms with Gasteiger partial charge >= 0.3 is 13.8 Å². The number of aliphatic hydroxyl groups is 1. The lowest BCUT2D eigenvalue weighted by Gasteiger charge is -2.08. The molecule has 0 aliphatic carbocycles. The Morgan fingerprint density at radius 1 is 1.67 bits per heavy atom. The molecule has 0 rings (SSSR count). The predicted molar refractivity (Wildman–Crippen MR) is 38.9 cm³/mol. The quantitative estimate of drug-likeness (QED) is 0.378. The Morgan fingerprint density at radius 2 is 2.17 bits per heavy atom. The van der Waals surface area contributed by atoms with Crippen molar-refractivity contribution < 1.29 is 28.4 Å². The van der Waals surface area contributed by atoms with E-state index in [1.54, 1.807) is 0 Å². The van der Waals surface area contributed by atoms with Crippen molar-refractivity contribution in [1.29, 1.82) is 0 Å². The van der Waals surface area contributed by atoms with Gasteiger partial charge in [0.2, 0.25) is 0 Å². The first-order valence-corrected chi connectivity index (χ1v) is 4.36. The largest absolute Gasteiger partial charge is 0.531 e. The summed E-state index contributed by atoms with van der Waals surface area (Å²) in [5, 5.41) is 8.09. The molecule has 0 aliphatic rings. The van der Waals surface area contributed by atoms with E-state index in [2.05, 4.69) is 15.6 Å². The first-order chi connectivity index (χ1) is 5.39. The van der Waals surface area contributed by atoms with Crippen molar-refractivity contribution in [2.45, 2.75) is 6.92 Å². The van der Waals surface area contributed by atoms with Crippen molar-refractivity contribution >= 4 is 13.8 Å². The number of hydrogen-bond donors (Lipinski definition) is 2. The lowest BCUT2D eigenvalue weighted by molar-refractivity contribution is -0.132. The van der Waals surface area contributed by atoms with Crippen LogP contribution in [0.15, 0.2) is 12.2 Å². The van der Waals surface area contributed by atoms with Gasteiger partial charge in [-0.05, 0) is 6.92 Å². The monoisotopic (exact) mass is 196 g/mol. The number of rotatable bonds is 4. The van der Waals surface area contributed by atoms with Crippen LogP contribution in [0, 0.1) is 0 Å². The highest BCUT2D eigenvalue weighted by atomic mass is 31.2. The van der Waals surface area contributed by atoms with Crippen LogP contribution in [0.3, 0.4) is 0 Å². The molecule has 0 saturated heterocycles. The summed E-state index contributed by atoms with van der Waals surface area (Å²) in [4.78, 5) is 19.2. The summed E-state index contributed by atoms with van der Waals surface area (Å²) >= 11 is 0. The third-order valence-corrected chi connectivity index (χ3v) is 1.61. The Kier molecular flexibility index (Phi) is 4.12. The number of phosphoric ester groups is 1. The Morgan fingerprint density at radius 3 is 2.50 bits per heavy atom. The maximum atomic E-state index is 10.6. The van der Waals surface area contributed by atoms with Gasteiger partial charge in [0, 0.05) is 5.57 Å². The molecule has 12 heavy (non-hydrogen) atoms. The zero-order chi connectivity index (χ0) is 9.78. The molecule has 0 heterocycles. The van der Waals surface area contributed by atoms with Crippen LogP contribution in [0.2, 0.25) is 0 Å². The Hall–Kier alpha value is -0.680. The van der Waals surface area contributed by atoms with Crippen molar-refractivity contribution in [2.24, 2.45) is 0 Å². The van der Waals surface area contributed by atoms with Crippen LogP contribution in [-0.2, 0) is 18.4 Å². The second-order valence-corrected chi connectivity index (χ2v) is 3.26. The minimum Gasteiger partial charge on any atom is -0.370 e. The molecule has 0 aromatic carbocycles. The summed E-state index contributed by atoms with van der Waals surface area (Å²) in [5.74, 6) is -1.05. The molecule has 0 amide bonds. The number of phosphoric acid groups is 1. The summed E-state index contributed by atoms with van der Waals surface area (Å²) in [7, 11) is -4.46. The van der Waals surface area contributed by atoms with E-state index in [0.717, 1.165) is 0 Å². The summed E-state index contributed by atoms with van der Waals surface area (Å²) in [5.41, 5.74) is -0.0363. The van der Waals surface area contributed by atoms with Crippen molar-refractivity contribution in [3.05, 3.63) is 12.2 Å². The van der Waals surface area contributed by atoms with Gasteiger partial charge in [0.25, 0.3) is 0 Å². The fourth-order valence-electron chi connectivity index (χ4n) is 0.282. The van der Waals surface area contributed by atoms with Crippen LogP contribution in [-0.4, -0.2) is 22.8 Å². The SMILES string of the molecule is C=C(C)C(=O)OP(=O)(O)OCO. The molecule has 2 N–H and O–H groups in total. The zero-order valence-electron chi connectivity index (χ0n) is 6.39. The number of carbonyl (C=O) groups is 1. The second-order valence-electron chi connectivity index (χ2n) is 1.89. The molecule has 6 nitrogen and oxygen atoms in total. The molecular weight excluding hydrogens is 187 g/mol. The standard InChI is InChI=1S/C5H9O6P/c1-4(2)5(7)11-12(8,9)10-3-6/h6H,1,3H2,2H3,(H,8,9). The zero-order valence-corrected chi connectivity index (χ0v) is 7.28. The maximum absolute atomic E-state index is 10.6. The Balaban J connectivity index is 4.15. The molecular formula is C5H9O6P. The van der Waals surface area contributed by atoms with E-state index in [0.29, 0.717) is 0 Å². The summed E-state index contributed by atoms with van der Waals surface area (Å²) in [6, 6.07) is 0. The van der Waals surface area contributed by atoms with E-state index in [1.807, 2.05) is 0 Å². The van der Waals surface area contributed by atoms with Crippen LogP contribution in [0.4, 0.5) is 0 Å². The van der Waals surface area contributed by atoms with Crippen LogP contribution < -0.4 is 0 Å². The highest BCUT2D eigenvalue weighted by molar-refractivity contribution is 7.48. The van der Waals surface area contributed by atoms with Gasteiger partial charge in [-0.25, -0.2) is 9.36 Å². The smallest absolute Gasteiger partial charge is 0.370 e. The van der Waals surface area contributed by atoms with E-state index < -0.39 is 20.6 Å². The average Bonchev–Trinajstić information content (AvgIpc) is 1.85. The van der Waals surface area contributed by atoms with E-state index >= 15 is 0 Å². The first kappa shape index (κ1) is 11.3. The van der Waals surface area contributed by atoms with Gasteiger partial charge in [0.15, 0.2) is 6.79 Å². The molecule has 1 atom stereocenters. The molecule has 0 aromatic rings. The third-order valence-electron chi connectivity index (χ3n) is 0.768. The topological polar surface area (TPSA) is 93.1 Å². The van der Waals surface area contributed by atoms with Crippen molar-refractivity contribution in [1.82, 2.24) is 0 Å². The molecule has 7 heteroatoms. The first-order valence-electron chi connectivity index (χ1n) is 2.86. The van der Waals surface area contributed by atoms with Crippen LogP contribution in [0.1, 0.15) is 6.92 Å². The number of aliphatic hydroxyl groups excluding tert-OH is 1. The van der Waals surface area contributed by atoms with Crippen molar-refractivity contribution in [3.63, 3.8) is 0 Å². The summed E-state index contributed by atoms with van der Waals surface area (Å²) in [6.45, 7) is 3.48. The van der Waals surface area contributed by atoms with E-state index in [-0.39, 0.29) is 5.57 Å². The van der Waals surface area contributed by atoms with E-state index in [4.69, 9.17) is 10.00 Å². The highest BCUT2D eigenvalue weighted by Crippen LogP contribution is 2.43. The number of carbonyl (C=O) groups excluding carboxylic acids is 1. The van der Waals surface area contributed by atoms with Gasteiger partial charge < -0.3 is 9.63 Å². The summed E-state index contributed by atoms with van der Waals surface area (Å²) < 4.78 is 18.4. The molecule has 0 aromatic heterocycles. The number of hydrogen-bond acceptors (Lipinski definition) is 5. The van der Waals surface area contributed by atoms with E-state index in [1.165, 1.54) is 6.92 Å². The van der Waals surface area contributed by atoms with Crippen LogP contribution in [0.5, 0.6) is 0 Å². The van der Waals surface area contributed by atoms with Gasteiger partial charge in [-0.3, -0.25) is 9.42 Å². The van der Waals surface area contributed by atoms with Gasteiger partial charge in [0.05, 0.1) is 0 Å². The molecule has 0 aliphatic heterocycles. The molecule has 0 saturated carbocycles. The average molecular weight is 196 g/mol. The fraction of sp³-hybridized carbons (Fsp3) is 0.400. The second kappa shape index (κ2) is 4.37. The lowest BCUT2D eigenvalue weighted by Crippen LogP contribution is -2.05. The van der Waals surface area contributed by atoms with Crippen molar-refractivity contribution in [3.8, 4) is 0 Å². The predicted octanol–water partition coefficient (Wildman–Crippen LogP) is 0.172. The molecule has 0 radical (unpaired) electrons. The van der Waals surface area contributed by atoms with Gasteiger partial charge in [-0.2, -0.15) is 0 Å². The Bertz CT molecular complexity index is 234. The fourth-order valence-corrected chi connectivity index (χ4v) is 0.846. The lowest BCUT2D eigenvalue weighted by atomic mass is 10.4. The molecule has 1 unspecified atom stereocenters. The summed E-state index contributed by atoms with van der Waals surface area (Å²) in [6.07, 6.45) is 0. The van der Waals surface area contributed by atoms with Gasteiger partial charge in [-0.1, -0.05) is 6.58 Å². The van der Waals surface area contributed by atoms with Gasteiger partial charge in [-0.15, -0.1) is 0 Å². The molecule has 0 bridgehead atoms.